The Morgan fingerprint density at radius 3 is 2.81 bits per heavy atom. The van der Waals surface area contributed by atoms with Crippen molar-refractivity contribution in [2.75, 3.05) is 0 Å². The molecule has 0 amide bonds. The summed E-state index contributed by atoms with van der Waals surface area (Å²) >= 11 is 0. The van der Waals surface area contributed by atoms with E-state index < -0.39 is 0 Å². The van der Waals surface area contributed by atoms with Crippen LogP contribution >= 0.6 is 0 Å². The van der Waals surface area contributed by atoms with Crippen molar-refractivity contribution in [2.24, 2.45) is 0 Å². The summed E-state index contributed by atoms with van der Waals surface area (Å²) in [5.74, 6) is -0.166. The number of phenolic OH excluding ortho intramolecular Hbond substituents is 2. The minimum Gasteiger partial charge on any atom is -0.504 e. The minimum absolute atomic E-state index is 0.0698. The maximum absolute atomic E-state index is 9.54. The van der Waals surface area contributed by atoms with Crippen LogP contribution in [0.15, 0.2) is 30.5 Å². The fourth-order valence-electron chi connectivity index (χ4n) is 1.44. The molecular formula is C11H13N3O2. The molecule has 0 fully saturated rings. The highest BCUT2D eigenvalue weighted by atomic mass is 16.3. The Morgan fingerprint density at radius 1 is 1.19 bits per heavy atom. The van der Waals surface area contributed by atoms with E-state index in [1.807, 2.05) is 6.07 Å². The summed E-state index contributed by atoms with van der Waals surface area (Å²) in [6.45, 7) is 1.12. The first-order valence-electron chi connectivity index (χ1n) is 4.96. The molecular weight excluding hydrogens is 206 g/mol. The Hall–Kier alpha value is -2.01. The number of aromatic amines is 1. The molecule has 5 nitrogen and oxygen atoms in total. The molecule has 0 spiro atoms. The number of hydrogen-bond donors (Lipinski definition) is 4. The Labute approximate surface area is 92.8 Å². The van der Waals surface area contributed by atoms with Crippen molar-refractivity contribution < 1.29 is 10.2 Å². The van der Waals surface area contributed by atoms with Crippen LogP contribution in [0.2, 0.25) is 0 Å². The van der Waals surface area contributed by atoms with E-state index in [9.17, 15) is 10.2 Å². The van der Waals surface area contributed by atoms with Crippen molar-refractivity contribution in [1.82, 2.24) is 15.5 Å². The monoisotopic (exact) mass is 219 g/mol. The molecule has 2 rings (SSSR count). The van der Waals surface area contributed by atoms with Gasteiger partial charge in [-0.15, -0.1) is 0 Å². The highest BCUT2D eigenvalue weighted by Crippen LogP contribution is 2.27. The van der Waals surface area contributed by atoms with Crippen LogP contribution in [0.25, 0.3) is 0 Å². The molecule has 0 unspecified atom stereocenters. The molecule has 5 heteroatoms. The molecule has 0 aliphatic carbocycles. The lowest BCUT2D eigenvalue weighted by Gasteiger charge is -2.06. The van der Waals surface area contributed by atoms with Crippen LogP contribution in [-0.2, 0) is 13.1 Å². The summed E-state index contributed by atoms with van der Waals surface area (Å²) in [5.41, 5.74) is 1.64. The van der Waals surface area contributed by atoms with Crippen LogP contribution in [0, 0.1) is 0 Å². The second-order valence-corrected chi connectivity index (χ2v) is 3.47. The Morgan fingerprint density at radius 2 is 2.06 bits per heavy atom. The van der Waals surface area contributed by atoms with E-state index in [1.165, 1.54) is 6.07 Å². The van der Waals surface area contributed by atoms with Gasteiger partial charge in [0.15, 0.2) is 11.5 Å². The van der Waals surface area contributed by atoms with E-state index in [1.54, 1.807) is 18.3 Å². The van der Waals surface area contributed by atoms with Gasteiger partial charge < -0.3 is 15.5 Å². The fourth-order valence-corrected chi connectivity index (χ4v) is 1.44. The zero-order valence-electron chi connectivity index (χ0n) is 8.64. The lowest BCUT2D eigenvalue weighted by molar-refractivity contribution is 0.397. The van der Waals surface area contributed by atoms with Gasteiger partial charge in [0.25, 0.3) is 0 Å². The van der Waals surface area contributed by atoms with Gasteiger partial charge in [0.05, 0.1) is 0 Å². The number of nitrogens with one attached hydrogen (secondary N) is 2. The number of hydrogen-bond acceptors (Lipinski definition) is 4. The number of nitrogens with zero attached hydrogens (tertiary/aromatic N) is 1. The number of aromatic nitrogens is 2. The maximum atomic E-state index is 9.54. The molecule has 16 heavy (non-hydrogen) atoms. The molecule has 0 saturated carbocycles. The lowest BCUT2D eigenvalue weighted by Crippen LogP contribution is -2.13. The number of H-pyrrole nitrogens is 1. The van der Waals surface area contributed by atoms with Crippen molar-refractivity contribution in [1.29, 1.82) is 0 Å². The number of benzene rings is 1. The third kappa shape index (κ3) is 2.32. The molecule has 0 bridgehead atoms. The summed E-state index contributed by atoms with van der Waals surface area (Å²) in [5, 5.41) is 28.6. The summed E-state index contributed by atoms with van der Waals surface area (Å²) in [6, 6.07) is 6.78. The average molecular weight is 219 g/mol. The third-order valence-electron chi connectivity index (χ3n) is 2.29. The second-order valence-electron chi connectivity index (χ2n) is 3.47. The highest BCUT2D eigenvalue weighted by Gasteiger charge is 2.04. The average Bonchev–Trinajstić information content (AvgIpc) is 2.77. The number of rotatable bonds is 4. The fraction of sp³-hybridized carbons (Fsp3) is 0.182. The van der Waals surface area contributed by atoms with Crippen LogP contribution in [0.4, 0.5) is 0 Å². The molecule has 0 aliphatic rings. The summed E-state index contributed by atoms with van der Waals surface area (Å²) in [6.07, 6.45) is 1.68. The van der Waals surface area contributed by atoms with Crippen LogP contribution in [0.5, 0.6) is 11.5 Å². The molecule has 4 N–H and O–H groups in total. The van der Waals surface area contributed by atoms with Gasteiger partial charge in [-0.05, 0) is 12.1 Å². The number of phenols is 2. The van der Waals surface area contributed by atoms with Gasteiger partial charge in [-0.1, -0.05) is 12.1 Å². The normalized spacial score (nSPS) is 10.5. The van der Waals surface area contributed by atoms with E-state index in [4.69, 9.17) is 0 Å². The summed E-state index contributed by atoms with van der Waals surface area (Å²) in [7, 11) is 0. The number of para-hydroxylation sites is 1. The van der Waals surface area contributed by atoms with Gasteiger partial charge >= 0.3 is 0 Å². The largest absolute Gasteiger partial charge is 0.504 e. The Bertz CT molecular complexity index is 454. The zero-order chi connectivity index (χ0) is 11.4. The maximum Gasteiger partial charge on any atom is 0.161 e. The zero-order valence-corrected chi connectivity index (χ0v) is 8.64. The SMILES string of the molecule is Oc1cccc(CNCc2ccn[nH]2)c1O. The van der Waals surface area contributed by atoms with Crippen molar-refractivity contribution in [3.05, 3.63) is 41.7 Å². The molecule has 0 saturated heterocycles. The van der Waals surface area contributed by atoms with Gasteiger partial charge in [-0.2, -0.15) is 5.10 Å². The summed E-state index contributed by atoms with van der Waals surface area (Å²) in [4.78, 5) is 0. The van der Waals surface area contributed by atoms with Crippen molar-refractivity contribution >= 4 is 0 Å². The standard InChI is InChI=1S/C11H13N3O2/c15-10-3-1-2-8(11(10)16)6-12-7-9-4-5-13-14-9/h1-5,12,15-16H,6-7H2,(H,13,14). The minimum atomic E-state index is -0.0964. The second kappa shape index (κ2) is 4.67. The van der Waals surface area contributed by atoms with Gasteiger partial charge in [0, 0.05) is 30.5 Å². The van der Waals surface area contributed by atoms with Crippen LogP contribution in [0.3, 0.4) is 0 Å². The van der Waals surface area contributed by atoms with E-state index in [0.717, 1.165) is 5.69 Å². The highest BCUT2D eigenvalue weighted by molar-refractivity contribution is 5.44. The van der Waals surface area contributed by atoms with E-state index >= 15 is 0 Å². The molecule has 0 atom stereocenters. The lowest BCUT2D eigenvalue weighted by atomic mass is 10.2. The van der Waals surface area contributed by atoms with Crippen LogP contribution in [-0.4, -0.2) is 20.4 Å². The van der Waals surface area contributed by atoms with Gasteiger partial charge in [0.2, 0.25) is 0 Å². The number of aromatic hydroxyl groups is 2. The van der Waals surface area contributed by atoms with Gasteiger partial charge in [0.1, 0.15) is 0 Å². The Kier molecular flexibility index (Phi) is 3.07. The van der Waals surface area contributed by atoms with Gasteiger partial charge in [-0.25, -0.2) is 0 Å². The molecule has 2 aromatic rings. The van der Waals surface area contributed by atoms with Crippen molar-refractivity contribution in [3.8, 4) is 11.5 Å². The smallest absolute Gasteiger partial charge is 0.161 e. The molecule has 1 heterocycles. The molecule has 1 aromatic heterocycles. The van der Waals surface area contributed by atoms with E-state index in [2.05, 4.69) is 15.5 Å². The van der Waals surface area contributed by atoms with Crippen molar-refractivity contribution in [2.45, 2.75) is 13.1 Å². The van der Waals surface area contributed by atoms with E-state index in [0.29, 0.717) is 18.7 Å². The third-order valence-corrected chi connectivity index (χ3v) is 2.29. The quantitative estimate of drug-likeness (QED) is 0.581. The summed E-state index contributed by atoms with van der Waals surface area (Å²) < 4.78 is 0. The van der Waals surface area contributed by atoms with Crippen molar-refractivity contribution in [3.63, 3.8) is 0 Å². The predicted octanol–water partition coefficient (Wildman–Crippen LogP) is 1.11. The predicted molar refractivity (Wildman–Crippen MR) is 58.9 cm³/mol. The first-order valence-corrected chi connectivity index (χ1v) is 4.96. The van der Waals surface area contributed by atoms with Crippen LogP contribution in [0.1, 0.15) is 11.3 Å². The molecule has 84 valence electrons. The molecule has 0 radical (unpaired) electrons. The molecule has 0 aliphatic heterocycles. The van der Waals surface area contributed by atoms with Gasteiger partial charge in [-0.3, -0.25) is 5.10 Å². The molecule has 1 aromatic carbocycles. The first kappa shape index (κ1) is 10.5. The van der Waals surface area contributed by atoms with E-state index in [-0.39, 0.29) is 11.5 Å². The Balaban J connectivity index is 1.92. The first-order chi connectivity index (χ1) is 7.77. The van der Waals surface area contributed by atoms with Crippen LogP contribution < -0.4 is 5.32 Å². The topological polar surface area (TPSA) is 81.2 Å².